The Morgan fingerprint density at radius 1 is 1.46 bits per heavy atom. The Morgan fingerprint density at radius 2 is 2.17 bits per heavy atom. The molecule has 5 heteroatoms. The van der Waals surface area contributed by atoms with Crippen LogP contribution in [0.2, 0.25) is 0 Å². The first-order chi connectivity index (χ1) is 11.3. The van der Waals surface area contributed by atoms with E-state index in [0.29, 0.717) is 12.1 Å². The minimum Gasteiger partial charge on any atom is -0.479 e. The third kappa shape index (κ3) is 5.28. The summed E-state index contributed by atoms with van der Waals surface area (Å²) in [6.45, 7) is 3.92. The largest absolute Gasteiger partial charge is 0.479 e. The van der Waals surface area contributed by atoms with Crippen molar-refractivity contribution in [3.63, 3.8) is 0 Å². The number of carboxylic acids is 1. The lowest BCUT2D eigenvalue weighted by Crippen LogP contribution is -2.56. The molecule has 1 fully saturated rings. The quantitative estimate of drug-likeness (QED) is 0.611. The van der Waals surface area contributed by atoms with E-state index in [2.05, 4.69) is 4.98 Å². The Morgan fingerprint density at radius 3 is 2.75 bits per heavy atom. The Balaban J connectivity index is 2.03. The molecule has 5 nitrogen and oxygen atoms in total. The first kappa shape index (κ1) is 18.9. The molecular formula is C19H30N2O3. The molecule has 4 N–H and O–H groups in total. The third-order valence-corrected chi connectivity index (χ3v) is 4.82. The molecule has 0 aliphatic heterocycles. The van der Waals surface area contributed by atoms with Gasteiger partial charge in [0.2, 0.25) is 0 Å². The SMILES string of the molecule is CC(C)C[C@H](N)[C@](O)(Cc1cc(CCCC2CC2)ccn1)C(=O)O. The lowest BCUT2D eigenvalue weighted by atomic mass is 9.84. The first-order valence-electron chi connectivity index (χ1n) is 8.96. The van der Waals surface area contributed by atoms with E-state index in [4.69, 9.17) is 5.73 Å². The number of hydrogen-bond donors (Lipinski definition) is 3. The molecule has 0 saturated heterocycles. The van der Waals surface area contributed by atoms with Crippen LogP contribution in [-0.4, -0.2) is 32.8 Å². The van der Waals surface area contributed by atoms with Crippen molar-refractivity contribution in [3.8, 4) is 0 Å². The third-order valence-electron chi connectivity index (χ3n) is 4.82. The van der Waals surface area contributed by atoms with E-state index in [1.54, 1.807) is 6.20 Å². The molecule has 0 spiro atoms. The van der Waals surface area contributed by atoms with Crippen LogP contribution in [0.15, 0.2) is 18.3 Å². The van der Waals surface area contributed by atoms with Crippen molar-refractivity contribution in [1.29, 1.82) is 0 Å². The standard InChI is InChI=1S/C19H30N2O3/c1-13(2)10-17(20)19(24,18(22)23)12-16-11-15(8-9-21-16)5-3-4-14-6-7-14/h8-9,11,13-14,17,24H,3-7,10,12,20H2,1-2H3,(H,22,23)/t17-,19+/m0/s1. The van der Waals surface area contributed by atoms with Crippen LogP contribution < -0.4 is 5.73 Å². The molecule has 2 atom stereocenters. The normalized spacial score (nSPS) is 18.4. The van der Waals surface area contributed by atoms with Crippen molar-refractivity contribution >= 4 is 5.97 Å². The van der Waals surface area contributed by atoms with Gasteiger partial charge in [-0.2, -0.15) is 0 Å². The lowest BCUT2D eigenvalue weighted by Gasteiger charge is -2.30. The molecule has 1 aromatic heterocycles. The van der Waals surface area contributed by atoms with Crippen molar-refractivity contribution in [2.24, 2.45) is 17.6 Å². The lowest BCUT2D eigenvalue weighted by molar-refractivity contribution is -0.161. The van der Waals surface area contributed by atoms with E-state index < -0.39 is 17.6 Å². The van der Waals surface area contributed by atoms with E-state index in [9.17, 15) is 15.0 Å². The van der Waals surface area contributed by atoms with Gasteiger partial charge in [-0.15, -0.1) is 0 Å². The summed E-state index contributed by atoms with van der Waals surface area (Å²) in [5.74, 6) is -0.151. The smallest absolute Gasteiger partial charge is 0.337 e. The van der Waals surface area contributed by atoms with Crippen molar-refractivity contribution in [2.75, 3.05) is 0 Å². The number of carboxylic acid groups (broad SMARTS) is 1. The van der Waals surface area contributed by atoms with Gasteiger partial charge < -0.3 is 15.9 Å². The highest BCUT2D eigenvalue weighted by molar-refractivity contribution is 5.78. The maximum absolute atomic E-state index is 11.6. The number of aliphatic carboxylic acids is 1. The molecule has 0 unspecified atom stereocenters. The van der Waals surface area contributed by atoms with Crippen LogP contribution in [0.4, 0.5) is 0 Å². The molecule has 2 rings (SSSR count). The Hall–Kier alpha value is -1.46. The molecule has 1 aliphatic rings. The van der Waals surface area contributed by atoms with Crippen LogP contribution in [0.1, 0.15) is 57.2 Å². The molecule has 24 heavy (non-hydrogen) atoms. The number of aromatic nitrogens is 1. The van der Waals surface area contributed by atoms with Crippen LogP contribution in [-0.2, 0) is 17.6 Å². The van der Waals surface area contributed by atoms with Crippen LogP contribution >= 0.6 is 0 Å². The predicted octanol–water partition coefficient (Wildman–Crippen LogP) is 2.55. The van der Waals surface area contributed by atoms with Gasteiger partial charge in [-0.25, -0.2) is 4.79 Å². The van der Waals surface area contributed by atoms with E-state index in [1.165, 1.54) is 19.3 Å². The minimum atomic E-state index is -1.98. The van der Waals surface area contributed by atoms with Gasteiger partial charge in [0.05, 0.1) is 0 Å². The fraction of sp³-hybridized carbons (Fsp3) is 0.684. The summed E-state index contributed by atoms with van der Waals surface area (Å²) in [5.41, 5.74) is 5.75. The Kier molecular flexibility index (Phi) is 6.35. The number of rotatable bonds is 10. The topological polar surface area (TPSA) is 96.4 Å². The molecule has 134 valence electrons. The van der Waals surface area contributed by atoms with Gasteiger partial charge in [0.25, 0.3) is 0 Å². The summed E-state index contributed by atoms with van der Waals surface area (Å²) in [4.78, 5) is 15.9. The highest BCUT2D eigenvalue weighted by Crippen LogP contribution is 2.33. The zero-order valence-electron chi connectivity index (χ0n) is 14.7. The van der Waals surface area contributed by atoms with Gasteiger partial charge in [-0.05, 0) is 48.8 Å². The van der Waals surface area contributed by atoms with E-state index in [-0.39, 0.29) is 12.3 Å². The number of nitrogens with two attached hydrogens (primary N) is 1. The second kappa shape index (κ2) is 8.08. The van der Waals surface area contributed by atoms with Crippen LogP contribution in [0, 0.1) is 11.8 Å². The Labute approximate surface area is 144 Å². The fourth-order valence-electron chi connectivity index (χ4n) is 3.13. The number of aliphatic hydroxyl groups is 1. The summed E-state index contributed by atoms with van der Waals surface area (Å²) in [5, 5.41) is 20.1. The van der Waals surface area contributed by atoms with Crippen molar-refractivity contribution < 1.29 is 15.0 Å². The number of hydrogen-bond acceptors (Lipinski definition) is 4. The second-order valence-electron chi connectivity index (χ2n) is 7.63. The van der Waals surface area contributed by atoms with Crippen molar-refractivity contribution in [2.45, 2.75) is 70.4 Å². The average molecular weight is 334 g/mol. The van der Waals surface area contributed by atoms with E-state index in [1.807, 2.05) is 26.0 Å². The van der Waals surface area contributed by atoms with Crippen LogP contribution in [0.3, 0.4) is 0 Å². The number of nitrogens with zero attached hydrogens (tertiary/aromatic N) is 1. The van der Waals surface area contributed by atoms with Crippen molar-refractivity contribution in [3.05, 3.63) is 29.6 Å². The zero-order valence-corrected chi connectivity index (χ0v) is 14.7. The number of aryl methyl sites for hydroxylation is 1. The average Bonchev–Trinajstić information content (AvgIpc) is 3.31. The molecule has 1 heterocycles. The van der Waals surface area contributed by atoms with Gasteiger partial charge in [-0.3, -0.25) is 4.98 Å². The van der Waals surface area contributed by atoms with E-state index in [0.717, 1.165) is 24.3 Å². The first-order valence-corrected chi connectivity index (χ1v) is 8.96. The van der Waals surface area contributed by atoms with Gasteiger partial charge in [0.15, 0.2) is 5.60 Å². The van der Waals surface area contributed by atoms with Crippen LogP contribution in [0.5, 0.6) is 0 Å². The van der Waals surface area contributed by atoms with E-state index >= 15 is 0 Å². The molecule has 0 aromatic carbocycles. The fourth-order valence-corrected chi connectivity index (χ4v) is 3.13. The molecule has 1 saturated carbocycles. The molecule has 0 bridgehead atoms. The maximum atomic E-state index is 11.6. The molecule has 0 amide bonds. The maximum Gasteiger partial charge on any atom is 0.337 e. The van der Waals surface area contributed by atoms with Crippen LogP contribution in [0.25, 0.3) is 0 Å². The second-order valence-corrected chi connectivity index (χ2v) is 7.63. The highest BCUT2D eigenvalue weighted by Gasteiger charge is 2.43. The molecular weight excluding hydrogens is 304 g/mol. The Bertz CT molecular complexity index is 557. The minimum absolute atomic E-state index is 0.0628. The van der Waals surface area contributed by atoms with Crippen molar-refractivity contribution in [1.82, 2.24) is 4.98 Å². The van der Waals surface area contributed by atoms with Gasteiger partial charge >= 0.3 is 5.97 Å². The zero-order chi connectivity index (χ0) is 17.7. The summed E-state index contributed by atoms with van der Waals surface area (Å²) in [6.07, 6.45) is 8.17. The summed E-state index contributed by atoms with van der Waals surface area (Å²) < 4.78 is 0. The van der Waals surface area contributed by atoms with Gasteiger partial charge in [0, 0.05) is 24.4 Å². The van der Waals surface area contributed by atoms with Gasteiger partial charge in [0.1, 0.15) is 0 Å². The van der Waals surface area contributed by atoms with Gasteiger partial charge in [-0.1, -0.05) is 33.1 Å². The summed E-state index contributed by atoms with van der Waals surface area (Å²) in [7, 11) is 0. The molecule has 1 aromatic rings. The molecule has 0 radical (unpaired) electrons. The summed E-state index contributed by atoms with van der Waals surface area (Å²) >= 11 is 0. The molecule has 1 aliphatic carbocycles. The summed E-state index contributed by atoms with van der Waals surface area (Å²) in [6, 6.07) is 3.04. The highest BCUT2D eigenvalue weighted by atomic mass is 16.4. The number of pyridine rings is 1. The monoisotopic (exact) mass is 334 g/mol. The predicted molar refractivity (Wildman–Crippen MR) is 93.6 cm³/mol. The number of carbonyl (C=O) groups is 1.